The van der Waals surface area contributed by atoms with Crippen LogP contribution < -0.4 is 25.4 Å². The van der Waals surface area contributed by atoms with Gasteiger partial charge in [0.05, 0.1) is 17.2 Å². The Hall–Kier alpha value is -2.77. The molecule has 154 valence electrons. The number of para-hydroxylation sites is 1. The molecule has 1 unspecified atom stereocenters. The lowest BCUT2D eigenvalue weighted by atomic mass is 9.98. The zero-order valence-corrected chi connectivity index (χ0v) is 16.7. The minimum absolute atomic E-state index is 0. The first kappa shape index (κ1) is 21.0. The molecule has 3 N–H and O–H groups in total. The number of nitrogens with one attached hydrogen (secondary N) is 3. The fourth-order valence-corrected chi connectivity index (χ4v) is 3.42. The molecule has 1 atom stereocenters. The number of anilines is 2. The van der Waals surface area contributed by atoms with Gasteiger partial charge >= 0.3 is 0 Å². The van der Waals surface area contributed by atoms with Crippen molar-refractivity contribution in [3.63, 3.8) is 0 Å². The predicted molar refractivity (Wildman–Crippen MR) is 113 cm³/mol. The predicted octanol–water partition coefficient (Wildman–Crippen LogP) is 3.07. The van der Waals surface area contributed by atoms with Crippen molar-refractivity contribution in [3.05, 3.63) is 48.0 Å². The quantitative estimate of drug-likeness (QED) is 0.711. The second kappa shape index (κ2) is 9.62. The number of rotatable bonds is 4. The van der Waals surface area contributed by atoms with Gasteiger partial charge in [-0.25, -0.2) is 0 Å². The van der Waals surface area contributed by atoms with Crippen LogP contribution >= 0.6 is 12.4 Å². The van der Waals surface area contributed by atoms with Gasteiger partial charge in [0.25, 0.3) is 5.91 Å². The molecule has 1 saturated heterocycles. The third-order valence-corrected chi connectivity index (χ3v) is 4.90. The molecule has 2 aliphatic heterocycles. The number of hydrogen-bond acceptors (Lipinski definition) is 5. The van der Waals surface area contributed by atoms with Crippen LogP contribution in [0.4, 0.5) is 11.4 Å². The van der Waals surface area contributed by atoms with E-state index in [-0.39, 0.29) is 30.1 Å². The maximum atomic E-state index is 12.8. The lowest BCUT2D eigenvalue weighted by Crippen LogP contribution is -2.37. The van der Waals surface area contributed by atoms with Crippen molar-refractivity contribution in [3.8, 4) is 11.5 Å². The number of benzene rings is 2. The Balaban J connectivity index is 0.00000240. The Bertz CT molecular complexity index is 884. The van der Waals surface area contributed by atoms with E-state index >= 15 is 0 Å². The molecule has 2 aromatic rings. The highest BCUT2D eigenvalue weighted by Crippen LogP contribution is 2.33. The van der Waals surface area contributed by atoms with Crippen molar-refractivity contribution in [1.29, 1.82) is 0 Å². The molecule has 0 spiro atoms. The number of amides is 2. The summed E-state index contributed by atoms with van der Waals surface area (Å²) in [5, 5.41) is 9.01. The molecule has 2 amide bonds. The van der Waals surface area contributed by atoms with Crippen molar-refractivity contribution in [2.24, 2.45) is 5.92 Å². The van der Waals surface area contributed by atoms with Gasteiger partial charge in [-0.3, -0.25) is 9.59 Å². The first-order chi connectivity index (χ1) is 13.7. The minimum Gasteiger partial charge on any atom is -0.486 e. The maximum Gasteiger partial charge on any atom is 0.257 e. The third kappa shape index (κ3) is 4.99. The van der Waals surface area contributed by atoms with Crippen LogP contribution in [0, 0.1) is 5.92 Å². The molecule has 0 radical (unpaired) electrons. The zero-order valence-electron chi connectivity index (χ0n) is 15.9. The lowest BCUT2D eigenvalue weighted by Gasteiger charge is -2.22. The minimum atomic E-state index is -0.297. The highest BCUT2D eigenvalue weighted by atomic mass is 35.5. The number of ether oxygens (including phenoxy) is 2. The number of carbonyl (C=O) groups excluding carboxylic acids is 2. The Morgan fingerprint density at radius 2 is 1.79 bits per heavy atom. The first-order valence-electron chi connectivity index (χ1n) is 9.52. The van der Waals surface area contributed by atoms with Gasteiger partial charge in [-0.05, 0) is 43.7 Å². The van der Waals surface area contributed by atoms with E-state index in [0.717, 1.165) is 19.4 Å². The van der Waals surface area contributed by atoms with E-state index in [0.29, 0.717) is 48.2 Å². The monoisotopic (exact) mass is 417 g/mol. The molecule has 2 aliphatic rings. The summed E-state index contributed by atoms with van der Waals surface area (Å²) in [6, 6.07) is 12.3. The van der Waals surface area contributed by atoms with Crippen LogP contribution in [0.2, 0.25) is 0 Å². The fraction of sp³-hybridized carbons (Fsp3) is 0.333. The van der Waals surface area contributed by atoms with E-state index in [2.05, 4.69) is 16.0 Å². The van der Waals surface area contributed by atoms with Crippen molar-refractivity contribution >= 4 is 35.6 Å². The van der Waals surface area contributed by atoms with Crippen molar-refractivity contribution in [1.82, 2.24) is 5.32 Å². The molecule has 1 fully saturated rings. The van der Waals surface area contributed by atoms with E-state index < -0.39 is 0 Å². The second-order valence-electron chi connectivity index (χ2n) is 6.89. The highest BCUT2D eigenvalue weighted by Gasteiger charge is 2.22. The first-order valence-corrected chi connectivity index (χ1v) is 9.52. The van der Waals surface area contributed by atoms with Gasteiger partial charge in [0, 0.05) is 18.3 Å². The van der Waals surface area contributed by atoms with E-state index in [1.807, 2.05) is 0 Å². The molecule has 2 heterocycles. The van der Waals surface area contributed by atoms with Crippen molar-refractivity contribution < 1.29 is 19.1 Å². The van der Waals surface area contributed by atoms with Crippen LogP contribution in [-0.4, -0.2) is 38.1 Å². The number of carbonyl (C=O) groups is 2. The molecule has 4 rings (SSSR count). The molecule has 2 aromatic carbocycles. The van der Waals surface area contributed by atoms with Crippen LogP contribution in [0.3, 0.4) is 0 Å². The van der Waals surface area contributed by atoms with Gasteiger partial charge in [-0.15, -0.1) is 12.4 Å². The molecule has 0 aliphatic carbocycles. The second-order valence-corrected chi connectivity index (χ2v) is 6.89. The van der Waals surface area contributed by atoms with Gasteiger partial charge in [-0.1, -0.05) is 12.1 Å². The fourth-order valence-electron chi connectivity index (χ4n) is 3.42. The summed E-state index contributed by atoms with van der Waals surface area (Å²) in [4.78, 5) is 25.4. The van der Waals surface area contributed by atoms with Crippen molar-refractivity contribution in [2.45, 2.75) is 12.8 Å². The molecular weight excluding hydrogens is 394 g/mol. The van der Waals surface area contributed by atoms with Gasteiger partial charge in [0.15, 0.2) is 11.5 Å². The number of hydrogen-bond donors (Lipinski definition) is 3. The Labute approximate surface area is 175 Å². The van der Waals surface area contributed by atoms with E-state index in [1.54, 1.807) is 42.5 Å². The van der Waals surface area contributed by atoms with E-state index in [4.69, 9.17) is 9.47 Å². The Morgan fingerprint density at radius 3 is 2.59 bits per heavy atom. The van der Waals surface area contributed by atoms with Crippen LogP contribution in [0.5, 0.6) is 11.5 Å². The summed E-state index contributed by atoms with van der Waals surface area (Å²) in [5.41, 5.74) is 1.52. The Morgan fingerprint density at radius 1 is 1.00 bits per heavy atom. The number of piperidine rings is 1. The smallest absolute Gasteiger partial charge is 0.257 e. The van der Waals surface area contributed by atoms with E-state index in [9.17, 15) is 9.59 Å². The summed E-state index contributed by atoms with van der Waals surface area (Å²) < 4.78 is 11.1. The zero-order chi connectivity index (χ0) is 19.3. The molecule has 0 saturated carbocycles. The number of halogens is 1. The largest absolute Gasteiger partial charge is 0.486 e. The van der Waals surface area contributed by atoms with Crippen LogP contribution in [-0.2, 0) is 4.79 Å². The van der Waals surface area contributed by atoms with Gasteiger partial charge in [0.2, 0.25) is 5.91 Å². The summed E-state index contributed by atoms with van der Waals surface area (Å²) in [6.07, 6.45) is 1.83. The SMILES string of the molecule is Cl.O=C(Nc1ccc2c(c1)OCCO2)c1ccccc1NC(=O)C1CCCNC1. The summed E-state index contributed by atoms with van der Waals surface area (Å²) in [6.45, 7) is 2.60. The molecule has 29 heavy (non-hydrogen) atoms. The Kier molecular flexibility index (Phi) is 6.95. The average Bonchev–Trinajstić information content (AvgIpc) is 2.74. The summed E-state index contributed by atoms with van der Waals surface area (Å²) >= 11 is 0. The summed E-state index contributed by atoms with van der Waals surface area (Å²) in [7, 11) is 0. The van der Waals surface area contributed by atoms with Crippen LogP contribution in [0.15, 0.2) is 42.5 Å². The average molecular weight is 418 g/mol. The molecule has 7 nitrogen and oxygen atoms in total. The maximum absolute atomic E-state index is 12.8. The van der Waals surface area contributed by atoms with Gasteiger partial charge in [0.1, 0.15) is 13.2 Å². The van der Waals surface area contributed by atoms with Crippen molar-refractivity contribution in [2.75, 3.05) is 36.9 Å². The third-order valence-electron chi connectivity index (χ3n) is 4.90. The topological polar surface area (TPSA) is 88.7 Å². The normalized spacial score (nSPS) is 17.6. The molecule has 8 heteroatoms. The standard InChI is InChI=1S/C21H23N3O4.ClH/c25-20(14-4-3-9-22-13-14)24-17-6-2-1-5-16(17)21(26)23-15-7-8-18-19(12-15)28-11-10-27-18;/h1-2,5-8,12,14,22H,3-4,9-11,13H2,(H,23,26)(H,24,25);1H. The van der Waals surface area contributed by atoms with Crippen LogP contribution in [0.25, 0.3) is 0 Å². The summed E-state index contributed by atoms with van der Waals surface area (Å²) in [5.74, 6) is 0.831. The van der Waals surface area contributed by atoms with E-state index in [1.165, 1.54) is 0 Å². The van der Waals surface area contributed by atoms with Gasteiger partial charge < -0.3 is 25.4 Å². The molecular formula is C21H24ClN3O4. The van der Waals surface area contributed by atoms with Gasteiger partial charge in [-0.2, -0.15) is 0 Å². The molecule has 0 aromatic heterocycles. The van der Waals surface area contributed by atoms with Crippen LogP contribution in [0.1, 0.15) is 23.2 Å². The number of fused-ring (bicyclic) bond motifs is 1. The molecule has 0 bridgehead atoms. The lowest BCUT2D eigenvalue weighted by molar-refractivity contribution is -0.120. The highest BCUT2D eigenvalue weighted by molar-refractivity contribution is 6.10.